The Balaban J connectivity index is 2.83. The van der Waals surface area contributed by atoms with Gasteiger partial charge in [0.25, 0.3) is 5.91 Å². The molecule has 1 aromatic rings. The van der Waals surface area contributed by atoms with Crippen LogP contribution < -0.4 is 5.32 Å². The number of rotatable bonds is 5. The van der Waals surface area contributed by atoms with E-state index in [4.69, 9.17) is 5.11 Å². The molecule has 0 aromatic heterocycles. The number of halogens is 2. The number of carboxylic acid groups (broad SMARTS) is 1. The van der Waals surface area contributed by atoms with Gasteiger partial charge in [0.2, 0.25) is 0 Å². The molecule has 1 rings (SSSR count). The molecular weight excluding hydrogens is 244 g/mol. The SMILES string of the molecule is C=CC[C@@H](NC(=O)c1ccc(F)c(F)c1)C(=O)O. The highest BCUT2D eigenvalue weighted by Crippen LogP contribution is 2.09. The fraction of sp³-hybridized carbons (Fsp3) is 0.167. The number of nitrogens with one attached hydrogen (secondary N) is 1. The highest BCUT2D eigenvalue weighted by molar-refractivity contribution is 5.96. The van der Waals surface area contributed by atoms with Crippen LogP contribution in [0.1, 0.15) is 16.8 Å². The quantitative estimate of drug-likeness (QED) is 0.787. The molecule has 0 spiro atoms. The van der Waals surface area contributed by atoms with Crippen LogP contribution in [0.25, 0.3) is 0 Å². The van der Waals surface area contributed by atoms with E-state index in [-0.39, 0.29) is 12.0 Å². The number of hydrogen-bond acceptors (Lipinski definition) is 2. The summed E-state index contributed by atoms with van der Waals surface area (Å²) in [6, 6.07) is 1.43. The lowest BCUT2D eigenvalue weighted by atomic mass is 10.1. The number of amides is 1. The van der Waals surface area contributed by atoms with E-state index in [1.165, 1.54) is 6.08 Å². The monoisotopic (exact) mass is 255 g/mol. The molecule has 18 heavy (non-hydrogen) atoms. The number of carboxylic acids is 1. The Labute approximate surface area is 102 Å². The van der Waals surface area contributed by atoms with Crippen LogP contribution >= 0.6 is 0 Å². The molecule has 0 aliphatic rings. The molecule has 0 saturated carbocycles. The molecule has 0 aliphatic heterocycles. The molecule has 1 atom stereocenters. The van der Waals surface area contributed by atoms with Crippen molar-refractivity contribution in [3.05, 3.63) is 48.1 Å². The Bertz CT molecular complexity index is 488. The van der Waals surface area contributed by atoms with Gasteiger partial charge in [-0.2, -0.15) is 0 Å². The molecule has 0 aliphatic carbocycles. The van der Waals surface area contributed by atoms with Gasteiger partial charge < -0.3 is 10.4 Å². The van der Waals surface area contributed by atoms with Crippen molar-refractivity contribution in [3.63, 3.8) is 0 Å². The van der Waals surface area contributed by atoms with Crippen molar-refractivity contribution in [3.8, 4) is 0 Å². The van der Waals surface area contributed by atoms with Crippen LogP contribution in [0.5, 0.6) is 0 Å². The van der Waals surface area contributed by atoms with Gasteiger partial charge >= 0.3 is 5.97 Å². The van der Waals surface area contributed by atoms with Crippen molar-refractivity contribution in [2.24, 2.45) is 0 Å². The zero-order chi connectivity index (χ0) is 13.7. The second kappa shape index (κ2) is 5.90. The minimum atomic E-state index is -1.23. The van der Waals surface area contributed by atoms with Gasteiger partial charge in [0, 0.05) is 5.56 Å². The third-order valence-electron chi connectivity index (χ3n) is 2.19. The average Bonchev–Trinajstić information content (AvgIpc) is 2.31. The third-order valence-corrected chi connectivity index (χ3v) is 2.19. The minimum Gasteiger partial charge on any atom is -0.480 e. The lowest BCUT2D eigenvalue weighted by molar-refractivity contribution is -0.139. The maximum atomic E-state index is 12.9. The summed E-state index contributed by atoms with van der Waals surface area (Å²) < 4.78 is 25.6. The Morgan fingerprint density at radius 2 is 2.06 bits per heavy atom. The fourth-order valence-electron chi connectivity index (χ4n) is 1.27. The lowest BCUT2D eigenvalue weighted by Crippen LogP contribution is -2.40. The molecule has 1 aromatic carbocycles. The van der Waals surface area contributed by atoms with Crippen LogP contribution in [0, 0.1) is 11.6 Å². The molecule has 0 heterocycles. The van der Waals surface area contributed by atoms with Crippen molar-refractivity contribution < 1.29 is 23.5 Å². The van der Waals surface area contributed by atoms with E-state index in [0.29, 0.717) is 6.07 Å². The van der Waals surface area contributed by atoms with E-state index in [1.807, 2.05) is 0 Å². The van der Waals surface area contributed by atoms with Crippen molar-refractivity contribution >= 4 is 11.9 Å². The van der Waals surface area contributed by atoms with Gasteiger partial charge in [-0.3, -0.25) is 4.79 Å². The molecule has 0 bridgehead atoms. The highest BCUT2D eigenvalue weighted by Gasteiger charge is 2.19. The highest BCUT2D eigenvalue weighted by atomic mass is 19.2. The lowest BCUT2D eigenvalue weighted by Gasteiger charge is -2.12. The molecule has 0 fully saturated rings. The molecule has 0 unspecified atom stereocenters. The van der Waals surface area contributed by atoms with E-state index in [2.05, 4.69) is 11.9 Å². The van der Waals surface area contributed by atoms with Crippen LogP contribution in [-0.4, -0.2) is 23.0 Å². The summed E-state index contributed by atoms with van der Waals surface area (Å²) in [7, 11) is 0. The van der Waals surface area contributed by atoms with E-state index >= 15 is 0 Å². The van der Waals surface area contributed by atoms with Crippen molar-refractivity contribution in [1.29, 1.82) is 0 Å². The van der Waals surface area contributed by atoms with Gasteiger partial charge in [-0.15, -0.1) is 6.58 Å². The topological polar surface area (TPSA) is 66.4 Å². The zero-order valence-electron chi connectivity index (χ0n) is 9.32. The first-order valence-corrected chi connectivity index (χ1v) is 5.05. The maximum absolute atomic E-state index is 12.9. The van der Waals surface area contributed by atoms with Crippen molar-refractivity contribution in [1.82, 2.24) is 5.32 Å². The second-order valence-corrected chi connectivity index (χ2v) is 3.52. The van der Waals surface area contributed by atoms with Gasteiger partial charge in [0.1, 0.15) is 6.04 Å². The van der Waals surface area contributed by atoms with E-state index in [9.17, 15) is 18.4 Å². The summed E-state index contributed by atoms with van der Waals surface area (Å²) in [5.41, 5.74) is -0.149. The van der Waals surface area contributed by atoms with Crippen LogP contribution in [0.2, 0.25) is 0 Å². The molecule has 0 saturated heterocycles. The van der Waals surface area contributed by atoms with Gasteiger partial charge in [0.05, 0.1) is 0 Å². The summed E-state index contributed by atoms with van der Waals surface area (Å²) in [5.74, 6) is -4.26. The third kappa shape index (κ3) is 3.38. The molecule has 1 amide bonds. The van der Waals surface area contributed by atoms with E-state index < -0.39 is 29.6 Å². The maximum Gasteiger partial charge on any atom is 0.326 e. The number of hydrogen-bond donors (Lipinski definition) is 2. The number of carbonyl (C=O) groups excluding carboxylic acids is 1. The van der Waals surface area contributed by atoms with Crippen LogP contribution in [0.4, 0.5) is 8.78 Å². The number of aliphatic carboxylic acids is 1. The Hall–Kier alpha value is -2.24. The van der Waals surface area contributed by atoms with E-state index in [1.54, 1.807) is 0 Å². The first kappa shape index (κ1) is 13.8. The minimum absolute atomic E-state index is 0.0325. The Kier molecular flexibility index (Phi) is 4.53. The zero-order valence-corrected chi connectivity index (χ0v) is 9.32. The predicted octanol–water partition coefficient (Wildman–Crippen LogP) is 1.72. The average molecular weight is 255 g/mol. The first-order chi connectivity index (χ1) is 8.45. The largest absolute Gasteiger partial charge is 0.480 e. The van der Waals surface area contributed by atoms with Crippen LogP contribution in [0.15, 0.2) is 30.9 Å². The molecule has 0 radical (unpaired) electrons. The van der Waals surface area contributed by atoms with E-state index in [0.717, 1.165) is 12.1 Å². The van der Waals surface area contributed by atoms with Crippen LogP contribution in [0.3, 0.4) is 0 Å². The molecule has 4 nitrogen and oxygen atoms in total. The van der Waals surface area contributed by atoms with Crippen molar-refractivity contribution in [2.45, 2.75) is 12.5 Å². The Morgan fingerprint density at radius 3 is 2.56 bits per heavy atom. The summed E-state index contributed by atoms with van der Waals surface area (Å²) in [6.45, 7) is 3.36. The summed E-state index contributed by atoms with van der Waals surface area (Å²) in [6.07, 6.45) is 1.37. The molecular formula is C12H11F2NO3. The smallest absolute Gasteiger partial charge is 0.326 e. The van der Waals surface area contributed by atoms with Crippen molar-refractivity contribution in [2.75, 3.05) is 0 Å². The van der Waals surface area contributed by atoms with Gasteiger partial charge in [-0.1, -0.05) is 6.08 Å². The summed E-state index contributed by atoms with van der Waals surface area (Å²) in [4.78, 5) is 22.4. The standard InChI is InChI=1S/C12H11F2NO3/c1-2-3-10(12(17)18)15-11(16)7-4-5-8(13)9(14)6-7/h2,4-6,10H,1,3H2,(H,15,16)(H,17,18)/t10-/m1/s1. The van der Waals surface area contributed by atoms with Crippen LogP contribution in [-0.2, 0) is 4.79 Å². The number of carbonyl (C=O) groups is 2. The molecule has 96 valence electrons. The molecule has 2 N–H and O–H groups in total. The second-order valence-electron chi connectivity index (χ2n) is 3.52. The van der Waals surface area contributed by atoms with Gasteiger partial charge in [-0.25, -0.2) is 13.6 Å². The molecule has 6 heteroatoms. The normalized spacial score (nSPS) is 11.7. The predicted molar refractivity (Wildman–Crippen MR) is 60.1 cm³/mol. The Morgan fingerprint density at radius 1 is 1.39 bits per heavy atom. The summed E-state index contributed by atoms with van der Waals surface area (Å²) >= 11 is 0. The first-order valence-electron chi connectivity index (χ1n) is 5.05. The van der Waals surface area contributed by atoms with Gasteiger partial charge in [-0.05, 0) is 24.6 Å². The fourth-order valence-corrected chi connectivity index (χ4v) is 1.27. The van der Waals surface area contributed by atoms with Gasteiger partial charge in [0.15, 0.2) is 11.6 Å². The summed E-state index contributed by atoms with van der Waals surface area (Å²) in [5, 5.41) is 11.0. The number of benzene rings is 1.